The number of hydrogen-bond acceptors (Lipinski definition) is 4. The lowest BCUT2D eigenvalue weighted by atomic mass is 10.2. The number of rotatable bonds is 2. The summed E-state index contributed by atoms with van der Waals surface area (Å²) < 4.78 is 38.8. The predicted molar refractivity (Wildman–Crippen MR) is 44.6 cm³/mol. The number of pyridine rings is 1. The molecule has 0 atom stereocenters. The molecule has 1 aromatic heterocycles. The van der Waals surface area contributed by atoms with Crippen molar-refractivity contribution in [3.63, 3.8) is 0 Å². The fraction of sp³-hybridized carbons (Fsp3) is 0.250. The quantitative estimate of drug-likeness (QED) is 0.817. The molecule has 0 spiro atoms. The van der Waals surface area contributed by atoms with E-state index >= 15 is 0 Å². The number of ether oxygens (including phenoxy) is 1. The predicted octanol–water partition coefficient (Wildman–Crippen LogP) is 1.63. The van der Waals surface area contributed by atoms with Crippen molar-refractivity contribution in [1.82, 2.24) is 4.98 Å². The maximum absolute atomic E-state index is 11.8. The largest absolute Gasteiger partial charge is 0.574 e. The van der Waals surface area contributed by atoms with E-state index in [9.17, 15) is 13.2 Å². The first-order chi connectivity index (χ1) is 6.92. The molecule has 0 unspecified atom stereocenters. The normalized spacial score (nSPS) is 10.8. The lowest BCUT2D eigenvalue weighted by Gasteiger charge is -2.09. The van der Waals surface area contributed by atoms with E-state index in [1.54, 1.807) is 0 Å². The summed E-state index contributed by atoms with van der Waals surface area (Å²) in [7, 11) is 0. The molecule has 0 fully saturated rings. The molecule has 7 heteroatoms. The molecule has 0 saturated heterocycles. The average molecular weight is 217 g/mol. The van der Waals surface area contributed by atoms with Crippen LogP contribution in [0.2, 0.25) is 0 Å². The summed E-state index contributed by atoms with van der Waals surface area (Å²) in [6.45, 7) is 0. The fourth-order valence-electron chi connectivity index (χ4n) is 0.886. The lowest BCUT2D eigenvalue weighted by molar-refractivity contribution is -0.276. The summed E-state index contributed by atoms with van der Waals surface area (Å²) in [5.74, 6) is -0.637. The molecule has 0 aromatic carbocycles. The highest BCUT2D eigenvalue weighted by molar-refractivity contribution is 5.49. The summed E-state index contributed by atoms with van der Waals surface area (Å²) in [6, 6.07) is 2.74. The van der Waals surface area contributed by atoms with Crippen LogP contribution in [0.1, 0.15) is 5.56 Å². The number of halogens is 3. The average Bonchev–Trinajstić information content (AvgIpc) is 2.07. The Balaban J connectivity index is 2.88. The zero-order chi connectivity index (χ0) is 11.5. The molecule has 2 N–H and O–H groups in total. The van der Waals surface area contributed by atoms with E-state index in [4.69, 9.17) is 11.0 Å². The van der Waals surface area contributed by atoms with E-state index in [0.717, 1.165) is 12.3 Å². The van der Waals surface area contributed by atoms with Crippen molar-refractivity contribution >= 4 is 5.69 Å². The number of nitrogens with zero attached hydrogens (tertiary/aromatic N) is 2. The zero-order valence-corrected chi connectivity index (χ0v) is 7.38. The van der Waals surface area contributed by atoms with Crippen LogP contribution in [0.3, 0.4) is 0 Å². The van der Waals surface area contributed by atoms with Crippen LogP contribution in [0.15, 0.2) is 12.3 Å². The highest BCUT2D eigenvalue weighted by atomic mass is 19.4. The second-order valence-corrected chi connectivity index (χ2v) is 2.60. The van der Waals surface area contributed by atoms with Crippen LogP contribution in [0.4, 0.5) is 18.9 Å². The Morgan fingerprint density at radius 1 is 1.53 bits per heavy atom. The van der Waals surface area contributed by atoms with Gasteiger partial charge in [-0.25, -0.2) is 4.98 Å². The Hall–Kier alpha value is -1.97. The number of nitriles is 1. The van der Waals surface area contributed by atoms with Crippen LogP contribution in [-0.4, -0.2) is 11.3 Å². The van der Waals surface area contributed by atoms with Gasteiger partial charge >= 0.3 is 6.36 Å². The third kappa shape index (κ3) is 3.34. The number of alkyl halides is 3. The van der Waals surface area contributed by atoms with Crippen LogP contribution in [0.5, 0.6) is 5.88 Å². The van der Waals surface area contributed by atoms with E-state index in [1.807, 2.05) is 6.07 Å². The fourth-order valence-corrected chi connectivity index (χ4v) is 0.886. The number of nitrogens with two attached hydrogens (primary N) is 1. The van der Waals surface area contributed by atoms with Gasteiger partial charge < -0.3 is 10.5 Å². The topological polar surface area (TPSA) is 71.9 Å². The molecule has 0 aliphatic heterocycles. The Kier molecular flexibility index (Phi) is 2.99. The molecule has 15 heavy (non-hydrogen) atoms. The van der Waals surface area contributed by atoms with Gasteiger partial charge in [-0.05, 0) is 0 Å². The van der Waals surface area contributed by atoms with E-state index in [0.29, 0.717) is 5.56 Å². The van der Waals surface area contributed by atoms with Crippen LogP contribution in [0, 0.1) is 11.3 Å². The molecule has 1 heterocycles. The van der Waals surface area contributed by atoms with Crippen molar-refractivity contribution in [1.29, 1.82) is 5.26 Å². The third-order valence-corrected chi connectivity index (χ3v) is 1.49. The molecular formula is C8H6F3N3O. The standard InChI is InChI=1S/C8H6F3N3O/c9-8(10,11)15-7-3-6(13)5(1-2-12)4-14-7/h3-4H,1H2,(H2,13,14). The van der Waals surface area contributed by atoms with Gasteiger partial charge in [0.2, 0.25) is 5.88 Å². The summed E-state index contributed by atoms with van der Waals surface area (Å²) in [5, 5.41) is 8.36. The van der Waals surface area contributed by atoms with Crippen LogP contribution in [0.25, 0.3) is 0 Å². The molecule has 0 saturated carbocycles. The van der Waals surface area contributed by atoms with Gasteiger partial charge in [-0.3, -0.25) is 0 Å². The second kappa shape index (κ2) is 4.04. The molecule has 1 aromatic rings. The van der Waals surface area contributed by atoms with Crippen molar-refractivity contribution in [3.8, 4) is 11.9 Å². The van der Waals surface area contributed by atoms with E-state index in [-0.39, 0.29) is 12.1 Å². The molecule has 0 radical (unpaired) electrons. The summed E-state index contributed by atoms with van der Waals surface area (Å²) >= 11 is 0. The van der Waals surface area contributed by atoms with Crippen LogP contribution < -0.4 is 10.5 Å². The summed E-state index contributed by atoms with van der Waals surface area (Å²) in [4.78, 5) is 3.37. The molecule has 0 bridgehead atoms. The lowest BCUT2D eigenvalue weighted by Crippen LogP contribution is -2.18. The molecule has 4 nitrogen and oxygen atoms in total. The number of anilines is 1. The Bertz CT molecular complexity index is 397. The molecule has 0 amide bonds. The van der Waals surface area contributed by atoms with Crippen LogP contribution >= 0.6 is 0 Å². The highest BCUT2D eigenvalue weighted by Gasteiger charge is 2.31. The maximum Gasteiger partial charge on any atom is 0.574 e. The number of aromatic nitrogens is 1. The van der Waals surface area contributed by atoms with E-state index < -0.39 is 12.2 Å². The molecule has 80 valence electrons. The van der Waals surface area contributed by atoms with Crippen LogP contribution in [-0.2, 0) is 6.42 Å². The van der Waals surface area contributed by atoms with Gasteiger partial charge in [0.1, 0.15) is 0 Å². The number of nitrogen functional groups attached to an aromatic ring is 1. The first-order valence-electron chi connectivity index (χ1n) is 3.79. The third-order valence-electron chi connectivity index (χ3n) is 1.49. The zero-order valence-electron chi connectivity index (χ0n) is 7.38. The molecular weight excluding hydrogens is 211 g/mol. The second-order valence-electron chi connectivity index (χ2n) is 2.60. The SMILES string of the molecule is N#CCc1cnc(OC(F)(F)F)cc1N. The molecule has 0 aliphatic rings. The van der Waals surface area contributed by atoms with Crippen molar-refractivity contribution in [3.05, 3.63) is 17.8 Å². The first kappa shape index (κ1) is 11.1. The summed E-state index contributed by atoms with van der Waals surface area (Å²) in [5.41, 5.74) is 5.80. The molecule has 0 aliphatic carbocycles. The molecule has 1 rings (SSSR count). The Labute approximate surface area is 83.1 Å². The number of hydrogen-bond donors (Lipinski definition) is 1. The minimum absolute atomic E-state index is 0.00880. The Morgan fingerprint density at radius 2 is 2.20 bits per heavy atom. The van der Waals surface area contributed by atoms with E-state index in [2.05, 4.69) is 9.72 Å². The van der Waals surface area contributed by atoms with Crippen molar-refractivity contribution in [2.24, 2.45) is 0 Å². The van der Waals surface area contributed by atoms with Gasteiger partial charge in [-0.15, -0.1) is 13.2 Å². The maximum atomic E-state index is 11.8. The van der Waals surface area contributed by atoms with Gasteiger partial charge in [0.15, 0.2) is 0 Å². The van der Waals surface area contributed by atoms with Crippen molar-refractivity contribution in [2.75, 3.05) is 5.73 Å². The van der Waals surface area contributed by atoms with E-state index in [1.165, 1.54) is 0 Å². The Morgan fingerprint density at radius 3 is 2.67 bits per heavy atom. The monoisotopic (exact) mass is 217 g/mol. The minimum atomic E-state index is -4.80. The van der Waals surface area contributed by atoms with Crippen molar-refractivity contribution in [2.45, 2.75) is 12.8 Å². The van der Waals surface area contributed by atoms with Crippen molar-refractivity contribution < 1.29 is 17.9 Å². The van der Waals surface area contributed by atoms with Gasteiger partial charge in [-0.1, -0.05) is 0 Å². The van der Waals surface area contributed by atoms with Gasteiger partial charge in [0.05, 0.1) is 12.5 Å². The smallest absolute Gasteiger partial charge is 0.398 e. The van der Waals surface area contributed by atoms with Gasteiger partial charge in [0.25, 0.3) is 0 Å². The van der Waals surface area contributed by atoms with Gasteiger partial charge in [0, 0.05) is 23.5 Å². The van der Waals surface area contributed by atoms with Gasteiger partial charge in [-0.2, -0.15) is 5.26 Å². The minimum Gasteiger partial charge on any atom is -0.398 e. The summed E-state index contributed by atoms with van der Waals surface area (Å²) in [6.07, 6.45) is -3.72. The first-order valence-corrected chi connectivity index (χ1v) is 3.79. The highest BCUT2D eigenvalue weighted by Crippen LogP contribution is 2.23.